The van der Waals surface area contributed by atoms with Gasteiger partial charge in [-0.05, 0) is 23.3 Å². The molecular formula is C14H17N3O2S. The van der Waals surface area contributed by atoms with Gasteiger partial charge in [-0.3, -0.25) is 4.98 Å². The van der Waals surface area contributed by atoms with Crippen LogP contribution >= 0.6 is 0 Å². The third-order valence-corrected chi connectivity index (χ3v) is 4.16. The van der Waals surface area contributed by atoms with Gasteiger partial charge in [0.25, 0.3) is 0 Å². The highest BCUT2D eigenvalue weighted by Crippen LogP contribution is 2.11. The van der Waals surface area contributed by atoms with Gasteiger partial charge in [-0.25, -0.2) is 13.1 Å². The van der Waals surface area contributed by atoms with E-state index in [1.54, 1.807) is 24.4 Å². The fourth-order valence-electron chi connectivity index (χ4n) is 1.84. The Labute approximate surface area is 118 Å². The van der Waals surface area contributed by atoms with Crippen molar-refractivity contribution in [2.45, 2.75) is 18.8 Å². The molecule has 0 aliphatic heterocycles. The second-order valence-corrected chi connectivity index (χ2v) is 6.18. The number of nitrogens with two attached hydrogens (primary N) is 1. The molecule has 106 valence electrons. The molecule has 5 nitrogen and oxygen atoms in total. The standard InChI is InChI=1S/C14H17N3O2S/c15-9-12-5-1-2-6-13(12)11-20(18,19)17-10-14-7-3-4-8-16-14/h1-8,17H,9-11,15H2. The van der Waals surface area contributed by atoms with E-state index in [2.05, 4.69) is 9.71 Å². The molecule has 1 aromatic heterocycles. The van der Waals surface area contributed by atoms with E-state index < -0.39 is 10.0 Å². The molecule has 0 bridgehead atoms. The molecule has 0 unspecified atom stereocenters. The number of hydrogen-bond donors (Lipinski definition) is 2. The summed E-state index contributed by atoms with van der Waals surface area (Å²) in [7, 11) is -3.41. The Balaban J connectivity index is 2.04. The van der Waals surface area contributed by atoms with Crippen LogP contribution in [0, 0.1) is 0 Å². The van der Waals surface area contributed by atoms with Crippen LogP contribution in [0.1, 0.15) is 16.8 Å². The van der Waals surface area contributed by atoms with Crippen LogP contribution in [0.3, 0.4) is 0 Å². The van der Waals surface area contributed by atoms with Crippen molar-refractivity contribution in [3.8, 4) is 0 Å². The molecule has 1 aromatic carbocycles. The Bertz CT molecular complexity index is 657. The van der Waals surface area contributed by atoms with Crippen molar-refractivity contribution >= 4 is 10.0 Å². The molecule has 0 spiro atoms. The number of nitrogens with one attached hydrogen (secondary N) is 1. The molecule has 6 heteroatoms. The van der Waals surface area contributed by atoms with Crippen molar-refractivity contribution in [3.05, 3.63) is 65.5 Å². The first-order valence-electron chi connectivity index (χ1n) is 6.25. The summed E-state index contributed by atoms with van der Waals surface area (Å²) in [4.78, 5) is 4.08. The van der Waals surface area contributed by atoms with Crippen molar-refractivity contribution in [3.63, 3.8) is 0 Å². The summed E-state index contributed by atoms with van der Waals surface area (Å²) in [5.41, 5.74) is 7.86. The second kappa shape index (κ2) is 6.60. The minimum Gasteiger partial charge on any atom is -0.326 e. The molecule has 1 heterocycles. The van der Waals surface area contributed by atoms with Gasteiger partial charge in [0.05, 0.1) is 18.0 Å². The molecule has 0 amide bonds. The molecule has 2 aromatic rings. The largest absolute Gasteiger partial charge is 0.326 e. The van der Waals surface area contributed by atoms with Crippen LogP contribution in [-0.2, 0) is 28.9 Å². The van der Waals surface area contributed by atoms with E-state index in [1.807, 2.05) is 24.3 Å². The van der Waals surface area contributed by atoms with Gasteiger partial charge in [0, 0.05) is 12.7 Å². The maximum atomic E-state index is 12.1. The van der Waals surface area contributed by atoms with Crippen molar-refractivity contribution in [1.82, 2.24) is 9.71 Å². The number of pyridine rings is 1. The molecule has 20 heavy (non-hydrogen) atoms. The van der Waals surface area contributed by atoms with E-state index in [0.29, 0.717) is 12.2 Å². The molecule has 0 fully saturated rings. The van der Waals surface area contributed by atoms with E-state index in [1.165, 1.54) is 0 Å². The topological polar surface area (TPSA) is 85.1 Å². The van der Waals surface area contributed by atoms with Crippen molar-refractivity contribution in [2.24, 2.45) is 5.73 Å². The molecule has 0 aliphatic carbocycles. The smallest absolute Gasteiger partial charge is 0.216 e. The lowest BCUT2D eigenvalue weighted by Gasteiger charge is -2.09. The SMILES string of the molecule is NCc1ccccc1CS(=O)(=O)NCc1ccccn1. The number of rotatable bonds is 6. The maximum Gasteiger partial charge on any atom is 0.216 e. The Hall–Kier alpha value is -1.76. The summed E-state index contributed by atoms with van der Waals surface area (Å²) in [6.07, 6.45) is 1.63. The highest BCUT2D eigenvalue weighted by Gasteiger charge is 2.13. The lowest BCUT2D eigenvalue weighted by molar-refractivity contribution is 0.579. The van der Waals surface area contributed by atoms with Gasteiger partial charge in [0.15, 0.2) is 0 Å². The number of benzene rings is 1. The van der Waals surface area contributed by atoms with Gasteiger partial charge >= 0.3 is 0 Å². The van der Waals surface area contributed by atoms with E-state index in [9.17, 15) is 8.42 Å². The van der Waals surface area contributed by atoms with Crippen LogP contribution in [-0.4, -0.2) is 13.4 Å². The Kier molecular flexibility index (Phi) is 4.84. The summed E-state index contributed by atoms with van der Waals surface area (Å²) in [5.74, 6) is -0.0762. The fourth-order valence-corrected chi connectivity index (χ4v) is 3.00. The average molecular weight is 291 g/mol. The maximum absolute atomic E-state index is 12.1. The first-order chi connectivity index (χ1) is 9.61. The average Bonchev–Trinajstić information content (AvgIpc) is 2.47. The second-order valence-electron chi connectivity index (χ2n) is 4.37. The van der Waals surface area contributed by atoms with E-state index in [4.69, 9.17) is 5.73 Å². The van der Waals surface area contributed by atoms with Crippen molar-refractivity contribution in [2.75, 3.05) is 0 Å². The van der Waals surface area contributed by atoms with E-state index >= 15 is 0 Å². The zero-order chi connectivity index (χ0) is 14.4. The third kappa shape index (κ3) is 4.12. The summed E-state index contributed by atoms with van der Waals surface area (Å²) in [6, 6.07) is 12.7. The number of nitrogens with zero attached hydrogens (tertiary/aromatic N) is 1. The van der Waals surface area contributed by atoms with Gasteiger partial charge < -0.3 is 5.73 Å². The molecule has 0 saturated carbocycles. The molecule has 0 saturated heterocycles. The molecule has 2 rings (SSSR count). The van der Waals surface area contributed by atoms with Crippen LogP contribution in [0.15, 0.2) is 48.7 Å². The first kappa shape index (κ1) is 14.6. The summed E-state index contributed by atoms with van der Waals surface area (Å²) in [5, 5.41) is 0. The number of aromatic nitrogens is 1. The van der Waals surface area contributed by atoms with Crippen molar-refractivity contribution in [1.29, 1.82) is 0 Å². The van der Waals surface area contributed by atoms with Crippen LogP contribution in [0.5, 0.6) is 0 Å². The zero-order valence-electron chi connectivity index (χ0n) is 11.0. The molecule has 0 atom stereocenters. The quantitative estimate of drug-likeness (QED) is 0.836. The Morgan fingerprint density at radius 2 is 1.75 bits per heavy atom. The highest BCUT2D eigenvalue weighted by molar-refractivity contribution is 7.88. The van der Waals surface area contributed by atoms with Crippen LogP contribution < -0.4 is 10.5 Å². The minimum absolute atomic E-state index is 0.0762. The van der Waals surface area contributed by atoms with Gasteiger partial charge in [0.1, 0.15) is 0 Å². The molecular weight excluding hydrogens is 274 g/mol. The first-order valence-corrected chi connectivity index (χ1v) is 7.90. The van der Waals surface area contributed by atoms with Crippen LogP contribution in [0.2, 0.25) is 0 Å². The van der Waals surface area contributed by atoms with Gasteiger partial charge in [-0.15, -0.1) is 0 Å². The summed E-state index contributed by atoms with van der Waals surface area (Å²) in [6.45, 7) is 0.514. The van der Waals surface area contributed by atoms with Gasteiger partial charge in [-0.1, -0.05) is 30.3 Å². The van der Waals surface area contributed by atoms with Crippen molar-refractivity contribution < 1.29 is 8.42 Å². The number of hydrogen-bond acceptors (Lipinski definition) is 4. The lowest BCUT2D eigenvalue weighted by atomic mass is 10.1. The van der Waals surface area contributed by atoms with Gasteiger partial charge in [0.2, 0.25) is 10.0 Å². The van der Waals surface area contributed by atoms with Gasteiger partial charge in [-0.2, -0.15) is 0 Å². The predicted octanol–water partition coefficient (Wildman–Crippen LogP) is 1.16. The lowest BCUT2D eigenvalue weighted by Crippen LogP contribution is -2.25. The van der Waals surface area contributed by atoms with E-state index in [-0.39, 0.29) is 12.3 Å². The summed E-state index contributed by atoms with van der Waals surface area (Å²) < 4.78 is 26.7. The Morgan fingerprint density at radius 3 is 2.40 bits per heavy atom. The fraction of sp³-hybridized carbons (Fsp3) is 0.214. The normalized spacial score (nSPS) is 11.4. The van der Waals surface area contributed by atoms with E-state index in [0.717, 1.165) is 11.1 Å². The highest BCUT2D eigenvalue weighted by atomic mass is 32.2. The molecule has 0 aliphatic rings. The number of sulfonamides is 1. The predicted molar refractivity (Wildman–Crippen MR) is 78.0 cm³/mol. The molecule has 3 N–H and O–H groups in total. The summed E-state index contributed by atoms with van der Waals surface area (Å²) >= 11 is 0. The Morgan fingerprint density at radius 1 is 1.05 bits per heavy atom. The monoisotopic (exact) mass is 291 g/mol. The van der Waals surface area contributed by atoms with Crippen LogP contribution in [0.4, 0.5) is 0 Å². The zero-order valence-corrected chi connectivity index (χ0v) is 11.8. The molecule has 0 radical (unpaired) electrons. The third-order valence-electron chi connectivity index (χ3n) is 2.88. The minimum atomic E-state index is -3.41. The van der Waals surface area contributed by atoms with Crippen LogP contribution in [0.25, 0.3) is 0 Å².